The molecule has 0 saturated heterocycles. The van der Waals surface area contributed by atoms with Crippen molar-refractivity contribution in [2.24, 2.45) is 0 Å². The van der Waals surface area contributed by atoms with Crippen LogP contribution in [0.2, 0.25) is 0 Å². The van der Waals surface area contributed by atoms with E-state index in [1.54, 1.807) is 24.3 Å². The molecule has 0 aliphatic carbocycles. The van der Waals surface area contributed by atoms with E-state index in [9.17, 15) is 0 Å². The van der Waals surface area contributed by atoms with Crippen LogP contribution in [0.3, 0.4) is 0 Å². The van der Waals surface area contributed by atoms with Gasteiger partial charge in [0.25, 0.3) is 0 Å². The number of benzene rings is 1. The van der Waals surface area contributed by atoms with Crippen LogP contribution in [0.4, 0.5) is 0 Å². The Morgan fingerprint density at radius 3 is 2.44 bits per heavy atom. The molecule has 0 spiro atoms. The molecule has 2 nitrogen and oxygen atoms in total. The maximum absolute atomic E-state index is 9.08. The molecule has 0 amide bonds. The minimum atomic E-state index is 0.270. The molecule has 0 saturated carbocycles. The molecule has 0 heterocycles. The molecule has 0 aromatic heterocycles. The van der Waals surface area contributed by atoms with E-state index in [-0.39, 0.29) is 5.75 Å². The fraction of sp³-hybridized carbons (Fsp3) is 0.500. The fourth-order valence-corrected chi connectivity index (χ4v) is 1.51. The first-order valence-corrected chi connectivity index (χ1v) is 6.10. The SMILES string of the molecule is CCCCCCC[CH]Oc1ccc(O)cc1. The highest BCUT2D eigenvalue weighted by Crippen LogP contribution is 2.17. The van der Waals surface area contributed by atoms with Crippen LogP contribution in [0.25, 0.3) is 0 Å². The van der Waals surface area contributed by atoms with Crippen molar-refractivity contribution in [2.75, 3.05) is 0 Å². The lowest BCUT2D eigenvalue weighted by Gasteiger charge is -2.04. The summed E-state index contributed by atoms with van der Waals surface area (Å²) in [6, 6.07) is 6.79. The number of unbranched alkanes of at least 4 members (excludes halogenated alkanes) is 5. The van der Waals surface area contributed by atoms with Gasteiger partial charge in [0, 0.05) is 0 Å². The number of hydrogen-bond acceptors (Lipinski definition) is 2. The van der Waals surface area contributed by atoms with E-state index >= 15 is 0 Å². The molecule has 1 radical (unpaired) electrons. The molecule has 89 valence electrons. The first-order chi connectivity index (χ1) is 7.83. The summed E-state index contributed by atoms with van der Waals surface area (Å²) in [5.41, 5.74) is 0. The van der Waals surface area contributed by atoms with Crippen molar-refractivity contribution >= 4 is 0 Å². The van der Waals surface area contributed by atoms with Gasteiger partial charge >= 0.3 is 0 Å². The fourth-order valence-electron chi connectivity index (χ4n) is 1.51. The second-order valence-electron chi connectivity index (χ2n) is 3.98. The standard InChI is InChI=1S/C14H21O2/c1-2-3-4-5-6-7-12-16-14-10-8-13(15)9-11-14/h8-12,15H,2-7H2,1H3. The summed E-state index contributed by atoms with van der Waals surface area (Å²) in [6.07, 6.45) is 7.40. The minimum absolute atomic E-state index is 0.270. The largest absolute Gasteiger partial charge is 0.508 e. The Bertz CT molecular complexity index is 267. The van der Waals surface area contributed by atoms with Crippen LogP contribution < -0.4 is 4.74 Å². The highest BCUT2D eigenvalue weighted by Gasteiger charge is 1.95. The van der Waals surface area contributed by atoms with Gasteiger partial charge in [0.1, 0.15) is 18.1 Å². The third-order valence-corrected chi connectivity index (χ3v) is 2.48. The van der Waals surface area contributed by atoms with E-state index in [2.05, 4.69) is 6.92 Å². The lowest BCUT2D eigenvalue weighted by atomic mass is 10.1. The van der Waals surface area contributed by atoms with Crippen molar-refractivity contribution in [3.8, 4) is 11.5 Å². The van der Waals surface area contributed by atoms with Gasteiger partial charge in [-0.3, -0.25) is 0 Å². The summed E-state index contributed by atoms with van der Waals surface area (Å²) in [7, 11) is 0. The summed E-state index contributed by atoms with van der Waals surface area (Å²) >= 11 is 0. The zero-order valence-corrected chi connectivity index (χ0v) is 9.98. The van der Waals surface area contributed by atoms with Gasteiger partial charge in [-0.15, -0.1) is 0 Å². The van der Waals surface area contributed by atoms with Gasteiger partial charge in [-0.05, 0) is 37.1 Å². The summed E-state index contributed by atoms with van der Waals surface area (Å²) < 4.78 is 5.43. The molecule has 16 heavy (non-hydrogen) atoms. The Hall–Kier alpha value is -1.18. The third-order valence-electron chi connectivity index (χ3n) is 2.48. The van der Waals surface area contributed by atoms with Crippen LogP contribution in [0.1, 0.15) is 45.4 Å². The molecule has 0 bridgehead atoms. The van der Waals surface area contributed by atoms with Crippen molar-refractivity contribution in [1.29, 1.82) is 0 Å². The average Bonchev–Trinajstić information content (AvgIpc) is 2.30. The number of rotatable bonds is 8. The first kappa shape index (κ1) is 12.9. The predicted molar refractivity (Wildman–Crippen MR) is 66.4 cm³/mol. The minimum Gasteiger partial charge on any atom is -0.508 e. The molecule has 1 aromatic carbocycles. The van der Waals surface area contributed by atoms with Gasteiger partial charge in [-0.25, -0.2) is 0 Å². The zero-order valence-electron chi connectivity index (χ0n) is 9.98. The molecular formula is C14H21O2. The van der Waals surface area contributed by atoms with E-state index < -0.39 is 0 Å². The van der Waals surface area contributed by atoms with Crippen molar-refractivity contribution in [3.63, 3.8) is 0 Å². The maximum Gasteiger partial charge on any atom is 0.135 e. The average molecular weight is 221 g/mol. The van der Waals surface area contributed by atoms with Crippen molar-refractivity contribution in [1.82, 2.24) is 0 Å². The Labute approximate surface area is 98.3 Å². The van der Waals surface area contributed by atoms with Gasteiger partial charge in [-0.2, -0.15) is 0 Å². The summed E-state index contributed by atoms with van der Waals surface area (Å²) in [5, 5.41) is 9.08. The molecule has 1 rings (SSSR count). The van der Waals surface area contributed by atoms with Gasteiger partial charge in [-0.1, -0.05) is 32.6 Å². The molecular weight excluding hydrogens is 200 g/mol. The quantitative estimate of drug-likeness (QED) is 0.663. The van der Waals surface area contributed by atoms with Crippen molar-refractivity contribution < 1.29 is 9.84 Å². The smallest absolute Gasteiger partial charge is 0.135 e. The van der Waals surface area contributed by atoms with Crippen LogP contribution in [0, 0.1) is 6.61 Å². The Morgan fingerprint density at radius 1 is 1.06 bits per heavy atom. The molecule has 0 aliphatic rings. The topological polar surface area (TPSA) is 29.5 Å². The van der Waals surface area contributed by atoms with Crippen LogP contribution in [-0.2, 0) is 0 Å². The van der Waals surface area contributed by atoms with Crippen LogP contribution >= 0.6 is 0 Å². The third kappa shape index (κ3) is 5.64. The van der Waals surface area contributed by atoms with Gasteiger partial charge in [0.2, 0.25) is 0 Å². The highest BCUT2D eigenvalue weighted by atomic mass is 16.5. The second-order valence-corrected chi connectivity index (χ2v) is 3.98. The van der Waals surface area contributed by atoms with E-state index in [4.69, 9.17) is 9.84 Å². The number of hydrogen-bond donors (Lipinski definition) is 1. The van der Waals surface area contributed by atoms with E-state index in [0.29, 0.717) is 0 Å². The van der Waals surface area contributed by atoms with Crippen LogP contribution in [0.15, 0.2) is 24.3 Å². The highest BCUT2D eigenvalue weighted by molar-refractivity contribution is 5.30. The summed E-state index contributed by atoms with van der Waals surface area (Å²) in [6.45, 7) is 4.07. The molecule has 1 aromatic rings. The van der Waals surface area contributed by atoms with Crippen LogP contribution in [-0.4, -0.2) is 5.11 Å². The van der Waals surface area contributed by atoms with Crippen LogP contribution in [0.5, 0.6) is 11.5 Å². The molecule has 0 aliphatic heterocycles. The maximum atomic E-state index is 9.08. The van der Waals surface area contributed by atoms with Crippen molar-refractivity contribution in [2.45, 2.75) is 45.4 Å². The Kier molecular flexibility index (Phi) is 6.47. The van der Waals surface area contributed by atoms with Gasteiger partial charge < -0.3 is 9.84 Å². The van der Waals surface area contributed by atoms with E-state index in [1.165, 1.54) is 32.1 Å². The molecule has 2 heteroatoms. The summed E-state index contributed by atoms with van der Waals surface area (Å²) in [4.78, 5) is 0. The van der Waals surface area contributed by atoms with E-state index in [1.807, 2.05) is 6.61 Å². The van der Waals surface area contributed by atoms with Crippen molar-refractivity contribution in [3.05, 3.63) is 30.9 Å². The Morgan fingerprint density at radius 2 is 1.75 bits per heavy atom. The van der Waals surface area contributed by atoms with Gasteiger partial charge in [0.05, 0.1) is 0 Å². The normalized spacial score (nSPS) is 10.3. The second kappa shape index (κ2) is 8.03. The van der Waals surface area contributed by atoms with Gasteiger partial charge in [0.15, 0.2) is 0 Å². The van der Waals surface area contributed by atoms with E-state index in [0.717, 1.165) is 12.2 Å². The number of phenols is 1. The molecule has 1 N–H and O–H groups in total. The Balaban J connectivity index is 2.01. The lowest BCUT2D eigenvalue weighted by Crippen LogP contribution is -1.90. The number of phenolic OH excluding ortho intramolecular Hbond substituents is 1. The zero-order chi connectivity index (χ0) is 11.6. The molecule has 0 unspecified atom stereocenters. The first-order valence-electron chi connectivity index (χ1n) is 6.10. The predicted octanol–water partition coefficient (Wildman–Crippen LogP) is 4.29. The lowest BCUT2D eigenvalue weighted by molar-refractivity contribution is 0.382. The molecule has 0 fully saturated rings. The summed E-state index contributed by atoms with van der Waals surface area (Å²) in [5.74, 6) is 1.05. The molecule has 0 atom stereocenters. The monoisotopic (exact) mass is 221 g/mol. The number of aromatic hydroxyl groups is 1. The number of ether oxygens (including phenoxy) is 1.